The van der Waals surface area contributed by atoms with Gasteiger partial charge in [-0.25, -0.2) is 4.79 Å². The summed E-state index contributed by atoms with van der Waals surface area (Å²) < 4.78 is 0. The Balaban J connectivity index is 1.83. The molecule has 0 saturated carbocycles. The van der Waals surface area contributed by atoms with E-state index in [1.165, 1.54) is 6.92 Å². The Hall–Kier alpha value is -1.63. The maximum Gasteiger partial charge on any atom is 0.317 e. The van der Waals surface area contributed by atoms with Crippen molar-refractivity contribution in [1.29, 1.82) is 0 Å². The number of carbonyl (C=O) groups is 3. The summed E-state index contributed by atoms with van der Waals surface area (Å²) in [5.41, 5.74) is 0. The molecule has 0 spiro atoms. The van der Waals surface area contributed by atoms with Crippen LogP contribution in [-0.4, -0.2) is 72.3 Å². The highest BCUT2D eigenvalue weighted by Gasteiger charge is 2.36. The van der Waals surface area contributed by atoms with E-state index in [1.807, 2.05) is 23.6 Å². The summed E-state index contributed by atoms with van der Waals surface area (Å²) in [6.45, 7) is 8.27. The van der Waals surface area contributed by atoms with E-state index in [1.54, 1.807) is 0 Å². The van der Waals surface area contributed by atoms with E-state index < -0.39 is 6.04 Å². The second kappa shape index (κ2) is 6.43. The van der Waals surface area contributed by atoms with Crippen LogP contribution in [0.4, 0.5) is 4.79 Å². The number of nitrogens with zero attached hydrogens (tertiary/aromatic N) is 2. The van der Waals surface area contributed by atoms with Gasteiger partial charge in [-0.1, -0.05) is 13.8 Å². The van der Waals surface area contributed by atoms with Crippen molar-refractivity contribution < 1.29 is 14.4 Å². The minimum Gasteiger partial charge on any atom is -0.345 e. The molecule has 0 aromatic rings. The molecular weight excluding hydrogens is 272 g/mol. The number of carbonyl (C=O) groups excluding carboxylic acids is 3. The number of hydrogen-bond donors (Lipinski definition) is 2. The van der Waals surface area contributed by atoms with Gasteiger partial charge in [0, 0.05) is 26.2 Å². The molecule has 2 atom stereocenters. The quantitative estimate of drug-likeness (QED) is 0.711. The van der Waals surface area contributed by atoms with Gasteiger partial charge in [0.1, 0.15) is 0 Å². The van der Waals surface area contributed by atoms with Crippen LogP contribution in [0.2, 0.25) is 0 Å². The Bertz CT molecular complexity index is 438. The highest BCUT2D eigenvalue weighted by Crippen LogP contribution is 2.13. The average molecular weight is 296 g/mol. The predicted octanol–water partition coefficient (Wildman–Crippen LogP) is -0.574. The normalized spacial score (nSPS) is 23.7. The van der Waals surface area contributed by atoms with Crippen molar-refractivity contribution in [1.82, 2.24) is 20.4 Å². The average Bonchev–Trinajstić information content (AvgIpc) is 2.76. The molecule has 2 aliphatic rings. The number of amides is 3. The van der Waals surface area contributed by atoms with Crippen molar-refractivity contribution in [3.63, 3.8) is 0 Å². The molecule has 7 nitrogen and oxygen atoms in total. The van der Waals surface area contributed by atoms with Crippen LogP contribution in [0.15, 0.2) is 0 Å². The van der Waals surface area contributed by atoms with Crippen molar-refractivity contribution in [3.05, 3.63) is 0 Å². The fourth-order valence-corrected chi connectivity index (χ4v) is 2.97. The predicted molar refractivity (Wildman–Crippen MR) is 77.8 cm³/mol. The number of fused-ring (bicyclic) bond motifs is 1. The van der Waals surface area contributed by atoms with Gasteiger partial charge in [0.15, 0.2) is 5.78 Å². The van der Waals surface area contributed by atoms with Gasteiger partial charge in [0.25, 0.3) is 0 Å². The van der Waals surface area contributed by atoms with Crippen LogP contribution < -0.4 is 10.6 Å². The molecule has 2 heterocycles. The molecule has 2 aliphatic heterocycles. The minimum atomic E-state index is -0.423. The first-order valence-corrected chi connectivity index (χ1v) is 7.45. The number of hydrogen-bond acceptors (Lipinski definition) is 4. The van der Waals surface area contributed by atoms with Crippen LogP contribution in [0.3, 0.4) is 0 Å². The first-order valence-electron chi connectivity index (χ1n) is 7.45. The first kappa shape index (κ1) is 15.8. The summed E-state index contributed by atoms with van der Waals surface area (Å²) in [6.07, 6.45) is 0. The molecule has 0 aromatic carbocycles. The van der Waals surface area contributed by atoms with E-state index in [0.717, 1.165) is 0 Å². The van der Waals surface area contributed by atoms with Gasteiger partial charge in [-0.05, 0) is 12.8 Å². The first-order chi connectivity index (χ1) is 9.88. The highest BCUT2D eigenvalue weighted by atomic mass is 16.2. The van der Waals surface area contributed by atoms with Crippen LogP contribution in [0.5, 0.6) is 0 Å². The lowest BCUT2D eigenvalue weighted by Gasteiger charge is -2.36. The smallest absolute Gasteiger partial charge is 0.317 e. The Labute approximate surface area is 125 Å². The summed E-state index contributed by atoms with van der Waals surface area (Å²) >= 11 is 0. The third-order valence-corrected chi connectivity index (χ3v) is 4.10. The zero-order valence-electron chi connectivity index (χ0n) is 12.9. The molecule has 0 bridgehead atoms. The van der Waals surface area contributed by atoms with Crippen molar-refractivity contribution >= 4 is 17.7 Å². The molecule has 2 saturated heterocycles. The maximum atomic E-state index is 12.1. The molecule has 0 radical (unpaired) electrons. The van der Waals surface area contributed by atoms with E-state index in [2.05, 4.69) is 10.6 Å². The Kier molecular flexibility index (Phi) is 4.82. The molecule has 118 valence electrons. The van der Waals surface area contributed by atoms with E-state index in [4.69, 9.17) is 0 Å². The summed E-state index contributed by atoms with van der Waals surface area (Å²) in [5, 5.41) is 5.62. The molecular formula is C14H24N4O3. The van der Waals surface area contributed by atoms with Gasteiger partial charge < -0.3 is 15.5 Å². The van der Waals surface area contributed by atoms with Crippen molar-refractivity contribution in [2.24, 2.45) is 5.92 Å². The number of piperazine rings is 1. The molecule has 0 aromatic heterocycles. The lowest BCUT2D eigenvalue weighted by molar-refractivity contribution is -0.128. The summed E-state index contributed by atoms with van der Waals surface area (Å²) in [6, 6.07) is -0.290. The minimum absolute atomic E-state index is 0.0134. The zero-order valence-corrected chi connectivity index (χ0v) is 12.9. The second-order valence-corrected chi connectivity index (χ2v) is 6.17. The molecule has 3 amide bonds. The van der Waals surface area contributed by atoms with E-state index in [-0.39, 0.29) is 36.2 Å². The second-order valence-electron chi connectivity index (χ2n) is 6.17. The molecule has 2 N–H and O–H groups in total. The largest absolute Gasteiger partial charge is 0.345 e. The number of nitrogens with one attached hydrogen (secondary N) is 2. The topological polar surface area (TPSA) is 81.8 Å². The third kappa shape index (κ3) is 3.72. The van der Waals surface area contributed by atoms with Crippen molar-refractivity contribution in [2.45, 2.75) is 32.9 Å². The molecule has 2 fully saturated rings. The van der Waals surface area contributed by atoms with Gasteiger partial charge in [0.05, 0.1) is 18.6 Å². The standard InChI is InChI=1S/C14H24N4O3/c1-9(2)13(10(3)19)16-12(20)8-17-4-5-18-11(7-17)6-15-14(18)21/h9,11,13H,4-8H2,1-3H3,(H,15,21)(H,16,20). The molecule has 2 rings (SSSR count). The molecule has 2 unspecified atom stereocenters. The van der Waals surface area contributed by atoms with Crippen LogP contribution in [0.25, 0.3) is 0 Å². The number of rotatable bonds is 5. The molecule has 0 aliphatic carbocycles. The summed E-state index contributed by atoms with van der Waals surface area (Å²) in [4.78, 5) is 39.0. The van der Waals surface area contributed by atoms with Crippen LogP contribution in [0, 0.1) is 5.92 Å². The Morgan fingerprint density at radius 2 is 2.10 bits per heavy atom. The fraction of sp³-hybridized carbons (Fsp3) is 0.786. The monoisotopic (exact) mass is 296 g/mol. The van der Waals surface area contributed by atoms with Crippen molar-refractivity contribution in [3.8, 4) is 0 Å². The van der Waals surface area contributed by atoms with Gasteiger partial charge in [-0.15, -0.1) is 0 Å². The van der Waals surface area contributed by atoms with Crippen LogP contribution >= 0.6 is 0 Å². The lowest BCUT2D eigenvalue weighted by atomic mass is 10.0. The fourth-order valence-electron chi connectivity index (χ4n) is 2.97. The van der Waals surface area contributed by atoms with E-state index in [9.17, 15) is 14.4 Å². The number of ketones is 1. The van der Waals surface area contributed by atoms with Gasteiger partial charge in [0.2, 0.25) is 5.91 Å². The van der Waals surface area contributed by atoms with Gasteiger partial charge >= 0.3 is 6.03 Å². The maximum absolute atomic E-state index is 12.1. The third-order valence-electron chi connectivity index (χ3n) is 4.10. The summed E-state index contributed by atoms with van der Waals surface area (Å²) in [7, 11) is 0. The zero-order chi connectivity index (χ0) is 15.6. The highest BCUT2D eigenvalue weighted by molar-refractivity contribution is 5.88. The molecule has 21 heavy (non-hydrogen) atoms. The van der Waals surface area contributed by atoms with Crippen molar-refractivity contribution in [2.75, 3.05) is 32.7 Å². The van der Waals surface area contributed by atoms with E-state index in [0.29, 0.717) is 26.2 Å². The van der Waals surface area contributed by atoms with Crippen LogP contribution in [-0.2, 0) is 9.59 Å². The lowest BCUT2D eigenvalue weighted by Crippen LogP contribution is -2.55. The van der Waals surface area contributed by atoms with Gasteiger partial charge in [-0.3, -0.25) is 14.5 Å². The Morgan fingerprint density at radius 3 is 2.71 bits per heavy atom. The van der Waals surface area contributed by atoms with Gasteiger partial charge in [-0.2, -0.15) is 0 Å². The SMILES string of the molecule is CC(=O)C(NC(=O)CN1CCN2C(=O)NCC2C1)C(C)C. The van der Waals surface area contributed by atoms with Crippen LogP contribution in [0.1, 0.15) is 20.8 Å². The number of Topliss-reactive ketones (excluding diaryl/α,β-unsaturated/α-hetero) is 1. The Morgan fingerprint density at radius 1 is 1.38 bits per heavy atom. The number of urea groups is 1. The molecule has 7 heteroatoms. The summed E-state index contributed by atoms with van der Waals surface area (Å²) in [5.74, 6) is -0.0663. The van der Waals surface area contributed by atoms with E-state index >= 15 is 0 Å².